The molecule has 2 saturated heterocycles. The van der Waals surface area contributed by atoms with E-state index in [4.69, 9.17) is 14.6 Å². The Kier molecular flexibility index (Phi) is 1.98. The number of ether oxygens (including phenoxy) is 2. The summed E-state index contributed by atoms with van der Waals surface area (Å²) in [5.41, 5.74) is -0.348. The van der Waals surface area contributed by atoms with Crippen LogP contribution in [0.15, 0.2) is 12.7 Å². The van der Waals surface area contributed by atoms with Crippen LogP contribution in [0.3, 0.4) is 0 Å². The molecule has 0 bridgehead atoms. The SMILES string of the molecule is C=CC1(CC[C@@H]2O[C@@]2(C)CO)CO1. The van der Waals surface area contributed by atoms with Gasteiger partial charge in [0.1, 0.15) is 11.2 Å². The molecule has 1 unspecified atom stereocenters. The third-order valence-corrected chi connectivity index (χ3v) is 3.07. The lowest BCUT2D eigenvalue weighted by atomic mass is 9.98. The van der Waals surface area contributed by atoms with Gasteiger partial charge in [-0.15, -0.1) is 6.58 Å². The molecule has 3 heteroatoms. The summed E-state index contributed by atoms with van der Waals surface area (Å²) >= 11 is 0. The Morgan fingerprint density at radius 1 is 1.69 bits per heavy atom. The Balaban J connectivity index is 1.73. The number of epoxide rings is 2. The molecule has 74 valence electrons. The topological polar surface area (TPSA) is 45.3 Å². The van der Waals surface area contributed by atoms with Crippen molar-refractivity contribution in [3.63, 3.8) is 0 Å². The van der Waals surface area contributed by atoms with Crippen LogP contribution in [-0.4, -0.2) is 35.6 Å². The Labute approximate surface area is 78.3 Å². The molecule has 0 saturated carbocycles. The fourth-order valence-electron chi connectivity index (χ4n) is 1.63. The minimum atomic E-state index is -0.281. The molecule has 2 rings (SSSR count). The molecule has 2 fully saturated rings. The van der Waals surface area contributed by atoms with Crippen molar-refractivity contribution in [1.29, 1.82) is 0 Å². The van der Waals surface area contributed by atoms with Crippen LogP contribution < -0.4 is 0 Å². The summed E-state index contributed by atoms with van der Waals surface area (Å²) in [7, 11) is 0. The molecule has 0 aromatic heterocycles. The maximum Gasteiger partial charge on any atom is 0.115 e. The van der Waals surface area contributed by atoms with Gasteiger partial charge in [-0.05, 0) is 19.8 Å². The zero-order chi connectivity index (χ0) is 9.53. The van der Waals surface area contributed by atoms with Crippen molar-refractivity contribution in [3.05, 3.63) is 12.7 Å². The van der Waals surface area contributed by atoms with Crippen molar-refractivity contribution >= 4 is 0 Å². The standard InChI is InChI=1S/C10H16O3/c1-3-10(7-12-10)5-4-8-9(2,6-11)13-8/h3,8,11H,1,4-7H2,2H3/t8-,9-,10?/m0/s1. The average molecular weight is 184 g/mol. The lowest BCUT2D eigenvalue weighted by Gasteiger charge is -2.04. The molecule has 3 atom stereocenters. The molecule has 0 spiro atoms. The summed E-state index contributed by atoms with van der Waals surface area (Å²) in [6.45, 7) is 6.57. The van der Waals surface area contributed by atoms with E-state index < -0.39 is 0 Å². The monoisotopic (exact) mass is 184 g/mol. The highest BCUT2D eigenvalue weighted by Gasteiger charge is 2.53. The number of hydrogen-bond acceptors (Lipinski definition) is 3. The van der Waals surface area contributed by atoms with E-state index in [2.05, 4.69) is 6.58 Å². The first-order valence-corrected chi connectivity index (χ1v) is 4.70. The molecule has 2 aliphatic heterocycles. The smallest absolute Gasteiger partial charge is 0.115 e. The highest BCUT2D eigenvalue weighted by molar-refractivity contribution is 5.09. The van der Waals surface area contributed by atoms with Gasteiger partial charge in [0.2, 0.25) is 0 Å². The van der Waals surface area contributed by atoms with Crippen molar-refractivity contribution in [2.75, 3.05) is 13.2 Å². The Morgan fingerprint density at radius 2 is 2.38 bits per heavy atom. The van der Waals surface area contributed by atoms with Crippen LogP contribution in [-0.2, 0) is 9.47 Å². The van der Waals surface area contributed by atoms with Crippen molar-refractivity contribution in [2.45, 2.75) is 37.1 Å². The fraction of sp³-hybridized carbons (Fsp3) is 0.800. The van der Waals surface area contributed by atoms with Crippen LogP contribution in [0.5, 0.6) is 0 Å². The summed E-state index contributed by atoms with van der Waals surface area (Å²) < 4.78 is 10.7. The zero-order valence-corrected chi connectivity index (χ0v) is 7.95. The fourth-order valence-corrected chi connectivity index (χ4v) is 1.63. The van der Waals surface area contributed by atoms with Gasteiger partial charge in [0.05, 0.1) is 19.3 Å². The molecule has 0 radical (unpaired) electrons. The minimum Gasteiger partial charge on any atom is -0.393 e. The molecule has 13 heavy (non-hydrogen) atoms. The second-order valence-corrected chi connectivity index (χ2v) is 4.17. The van der Waals surface area contributed by atoms with E-state index in [0.717, 1.165) is 19.4 Å². The van der Waals surface area contributed by atoms with E-state index in [9.17, 15) is 0 Å². The van der Waals surface area contributed by atoms with Gasteiger partial charge < -0.3 is 14.6 Å². The molecule has 3 nitrogen and oxygen atoms in total. The predicted octanol–water partition coefficient (Wildman–Crippen LogP) is 0.871. The maximum absolute atomic E-state index is 8.96. The van der Waals surface area contributed by atoms with Crippen molar-refractivity contribution in [1.82, 2.24) is 0 Å². The number of aliphatic hydroxyl groups is 1. The van der Waals surface area contributed by atoms with Gasteiger partial charge in [-0.25, -0.2) is 0 Å². The second-order valence-electron chi connectivity index (χ2n) is 4.17. The summed E-state index contributed by atoms with van der Waals surface area (Å²) in [6.07, 6.45) is 3.98. The predicted molar refractivity (Wildman–Crippen MR) is 48.5 cm³/mol. The second kappa shape index (κ2) is 2.80. The number of hydrogen-bond donors (Lipinski definition) is 1. The molecule has 0 aromatic rings. The van der Waals surface area contributed by atoms with E-state index in [1.807, 2.05) is 13.0 Å². The van der Waals surface area contributed by atoms with Crippen molar-refractivity contribution in [3.8, 4) is 0 Å². The van der Waals surface area contributed by atoms with Crippen LogP contribution in [0.4, 0.5) is 0 Å². The van der Waals surface area contributed by atoms with Gasteiger partial charge in [-0.1, -0.05) is 6.08 Å². The average Bonchev–Trinajstić information content (AvgIpc) is 3.01. The Morgan fingerprint density at radius 3 is 2.77 bits per heavy atom. The molecular weight excluding hydrogens is 168 g/mol. The third-order valence-electron chi connectivity index (χ3n) is 3.07. The molecule has 0 amide bonds. The van der Waals surface area contributed by atoms with Crippen LogP contribution >= 0.6 is 0 Å². The molecular formula is C10H16O3. The lowest BCUT2D eigenvalue weighted by molar-refractivity contribution is 0.184. The number of aliphatic hydroxyl groups excluding tert-OH is 1. The molecule has 2 aliphatic rings. The first-order valence-electron chi connectivity index (χ1n) is 4.70. The number of rotatable bonds is 5. The first kappa shape index (κ1) is 9.19. The Bertz CT molecular complexity index is 222. The largest absolute Gasteiger partial charge is 0.393 e. The van der Waals surface area contributed by atoms with Crippen molar-refractivity contribution in [2.24, 2.45) is 0 Å². The van der Waals surface area contributed by atoms with Gasteiger partial charge >= 0.3 is 0 Å². The molecule has 1 N–H and O–H groups in total. The molecule has 2 heterocycles. The lowest BCUT2D eigenvalue weighted by Crippen LogP contribution is -2.17. The van der Waals surface area contributed by atoms with E-state index in [1.165, 1.54) is 0 Å². The maximum atomic E-state index is 8.96. The van der Waals surface area contributed by atoms with E-state index in [-0.39, 0.29) is 23.9 Å². The molecule has 0 aromatic carbocycles. The van der Waals surface area contributed by atoms with E-state index >= 15 is 0 Å². The summed E-state index contributed by atoms with van der Waals surface area (Å²) in [5.74, 6) is 0. The van der Waals surface area contributed by atoms with Gasteiger partial charge in [-0.3, -0.25) is 0 Å². The normalized spacial score (nSPS) is 47.4. The van der Waals surface area contributed by atoms with E-state index in [1.54, 1.807) is 0 Å². The summed E-state index contributed by atoms with van der Waals surface area (Å²) in [5, 5.41) is 8.96. The highest BCUT2D eigenvalue weighted by atomic mass is 16.6. The van der Waals surface area contributed by atoms with Crippen LogP contribution in [0.2, 0.25) is 0 Å². The quantitative estimate of drug-likeness (QED) is 0.509. The molecule has 0 aliphatic carbocycles. The van der Waals surface area contributed by atoms with Gasteiger partial charge in [-0.2, -0.15) is 0 Å². The summed E-state index contributed by atoms with van der Waals surface area (Å²) in [6, 6.07) is 0. The van der Waals surface area contributed by atoms with Gasteiger partial charge in [0.15, 0.2) is 0 Å². The van der Waals surface area contributed by atoms with Gasteiger partial charge in [0, 0.05) is 0 Å². The van der Waals surface area contributed by atoms with Crippen molar-refractivity contribution < 1.29 is 14.6 Å². The first-order chi connectivity index (χ1) is 6.14. The third kappa shape index (κ3) is 1.64. The zero-order valence-electron chi connectivity index (χ0n) is 7.95. The highest BCUT2D eigenvalue weighted by Crippen LogP contribution is 2.42. The van der Waals surface area contributed by atoms with Crippen LogP contribution in [0, 0.1) is 0 Å². The minimum absolute atomic E-state index is 0.0671. The van der Waals surface area contributed by atoms with E-state index in [0.29, 0.717) is 0 Å². The van der Waals surface area contributed by atoms with Crippen LogP contribution in [0.1, 0.15) is 19.8 Å². The van der Waals surface area contributed by atoms with Gasteiger partial charge in [0.25, 0.3) is 0 Å². The van der Waals surface area contributed by atoms with Crippen LogP contribution in [0.25, 0.3) is 0 Å². The Hall–Kier alpha value is -0.380. The summed E-state index contributed by atoms with van der Waals surface area (Å²) in [4.78, 5) is 0.